The summed E-state index contributed by atoms with van der Waals surface area (Å²) >= 11 is 6.11. The lowest BCUT2D eigenvalue weighted by Gasteiger charge is -2.25. The van der Waals surface area contributed by atoms with Gasteiger partial charge in [-0.05, 0) is 43.4 Å². The minimum Gasteiger partial charge on any atom is -0.354 e. The molecule has 1 amide bonds. The third-order valence-electron chi connectivity index (χ3n) is 4.42. The van der Waals surface area contributed by atoms with Gasteiger partial charge < -0.3 is 10.2 Å². The van der Waals surface area contributed by atoms with Crippen molar-refractivity contribution in [3.05, 3.63) is 76.9 Å². The van der Waals surface area contributed by atoms with Gasteiger partial charge in [0.05, 0.1) is 18.0 Å². The molecule has 0 aliphatic heterocycles. The van der Waals surface area contributed by atoms with Crippen molar-refractivity contribution in [2.24, 2.45) is 0 Å². The molecule has 1 N–H and O–H groups in total. The summed E-state index contributed by atoms with van der Waals surface area (Å²) in [5.74, 6) is -0.0166. The number of halogens is 1. The van der Waals surface area contributed by atoms with Crippen LogP contribution in [-0.4, -0.2) is 36.4 Å². The van der Waals surface area contributed by atoms with Crippen LogP contribution in [0.1, 0.15) is 17.2 Å². The van der Waals surface area contributed by atoms with E-state index in [-0.39, 0.29) is 11.9 Å². The first-order valence-corrected chi connectivity index (χ1v) is 8.93. The predicted molar refractivity (Wildman–Crippen MR) is 106 cm³/mol. The van der Waals surface area contributed by atoms with Gasteiger partial charge in [0.2, 0.25) is 5.91 Å². The number of carbonyl (C=O) groups is 1. The van der Waals surface area contributed by atoms with Crippen LogP contribution in [0.15, 0.2) is 60.8 Å². The molecule has 1 atom stereocenters. The Balaban J connectivity index is 1.69. The SMILES string of the molecule is CN(C)[C@@H](CNC(=O)Cc1cccc2cccnc12)c1cccc(Cl)c1. The molecular formula is C21H22ClN3O. The molecular weight excluding hydrogens is 346 g/mol. The highest BCUT2D eigenvalue weighted by atomic mass is 35.5. The fourth-order valence-electron chi connectivity index (χ4n) is 3.07. The molecule has 0 saturated heterocycles. The minimum atomic E-state index is -0.0166. The molecule has 0 aliphatic carbocycles. The maximum absolute atomic E-state index is 12.5. The smallest absolute Gasteiger partial charge is 0.224 e. The molecule has 0 spiro atoms. The molecule has 134 valence electrons. The fraction of sp³-hybridized carbons (Fsp3) is 0.238. The molecule has 0 fully saturated rings. The Morgan fingerprint density at radius 1 is 1.15 bits per heavy atom. The lowest BCUT2D eigenvalue weighted by Crippen LogP contribution is -2.35. The number of likely N-dealkylation sites (N-methyl/N-ethyl adjacent to an activating group) is 1. The van der Waals surface area contributed by atoms with Gasteiger partial charge in [0, 0.05) is 23.2 Å². The number of rotatable bonds is 6. The zero-order valence-corrected chi connectivity index (χ0v) is 15.7. The highest BCUT2D eigenvalue weighted by molar-refractivity contribution is 6.30. The first kappa shape index (κ1) is 18.4. The summed E-state index contributed by atoms with van der Waals surface area (Å²) in [4.78, 5) is 19.0. The van der Waals surface area contributed by atoms with Crippen LogP contribution < -0.4 is 5.32 Å². The molecule has 26 heavy (non-hydrogen) atoms. The van der Waals surface area contributed by atoms with Crippen molar-refractivity contribution >= 4 is 28.4 Å². The molecule has 0 aliphatic rings. The van der Waals surface area contributed by atoms with Crippen molar-refractivity contribution in [1.82, 2.24) is 15.2 Å². The Morgan fingerprint density at radius 2 is 1.92 bits per heavy atom. The maximum atomic E-state index is 12.5. The second-order valence-corrected chi connectivity index (χ2v) is 6.94. The average Bonchev–Trinajstić information content (AvgIpc) is 2.62. The second kappa shape index (κ2) is 8.30. The second-order valence-electron chi connectivity index (χ2n) is 6.51. The van der Waals surface area contributed by atoms with Gasteiger partial charge in [0.25, 0.3) is 0 Å². The summed E-state index contributed by atoms with van der Waals surface area (Å²) in [6.45, 7) is 0.518. The van der Waals surface area contributed by atoms with E-state index in [9.17, 15) is 4.79 Å². The highest BCUT2D eigenvalue weighted by Gasteiger charge is 2.16. The number of nitrogens with zero attached hydrogens (tertiary/aromatic N) is 2. The van der Waals surface area contributed by atoms with Crippen LogP contribution in [-0.2, 0) is 11.2 Å². The number of fused-ring (bicyclic) bond motifs is 1. The van der Waals surface area contributed by atoms with E-state index in [1.807, 2.05) is 68.7 Å². The normalized spacial score (nSPS) is 12.3. The van der Waals surface area contributed by atoms with Gasteiger partial charge in [-0.2, -0.15) is 0 Å². The van der Waals surface area contributed by atoms with Gasteiger partial charge in [0.15, 0.2) is 0 Å². The largest absolute Gasteiger partial charge is 0.354 e. The summed E-state index contributed by atoms with van der Waals surface area (Å²) in [5.41, 5.74) is 2.89. The Labute approximate surface area is 158 Å². The Bertz CT molecular complexity index is 905. The minimum absolute atomic E-state index is 0.0166. The Kier molecular flexibility index (Phi) is 5.86. The van der Waals surface area contributed by atoms with Gasteiger partial charge in [-0.25, -0.2) is 0 Å². The number of pyridine rings is 1. The molecule has 4 nitrogen and oxygen atoms in total. The molecule has 1 heterocycles. The van der Waals surface area contributed by atoms with Gasteiger partial charge in [0.1, 0.15) is 0 Å². The van der Waals surface area contributed by atoms with Crippen LogP contribution in [0, 0.1) is 0 Å². The molecule has 0 bridgehead atoms. The molecule has 3 aromatic rings. The maximum Gasteiger partial charge on any atom is 0.224 e. The number of para-hydroxylation sites is 1. The first-order chi connectivity index (χ1) is 12.5. The number of hydrogen-bond acceptors (Lipinski definition) is 3. The molecule has 5 heteroatoms. The monoisotopic (exact) mass is 367 g/mol. The molecule has 0 radical (unpaired) electrons. The lowest BCUT2D eigenvalue weighted by atomic mass is 10.0. The third kappa shape index (κ3) is 4.40. The summed E-state index contributed by atoms with van der Waals surface area (Å²) in [6.07, 6.45) is 2.06. The van der Waals surface area contributed by atoms with E-state index >= 15 is 0 Å². The van der Waals surface area contributed by atoms with Crippen LogP contribution in [0.5, 0.6) is 0 Å². The van der Waals surface area contributed by atoms with Crippen LogP contribution in [0.2, 0.25) is 5.02 Å². The molecule has 3 rings (SSSR count). The van der Waals surface area contributed by atoms with E-state index in [0.29, 0.717) is 18.0 Å². The van der Waals surface area contributed by atoms with E-state index in [4.69, 9.17) is 11.6 Å². The predicted octanol–water partition coefficient (Wildman–Crippen LogP) is 3.85. The summed E-state index contributed by atoms with van der Waals surface area (Å²) in [6, 6.07) is 17.6. The molecule has 1 aromatic heterocycles. The zero-order valence-electron chi connectivity index (χ0n) is 14.9. The van der Waals surface area contributed by atoms with Crippen LogP contribution >= 0.6 is 11.6 Å². The zero-order chi connectivity index (χ0) is 18.5. The van der Waals surface area contributed by atoms with E-state index in [2.05, 4.69) is 15.2 Å². The standard InChI is InChI=1S/C21H22ClN3O/c1-25(2)19(16-7-4-10-18(22)12-16)14-24-20(26)13-17-8-3-6-15-9-5-11-23-21(15)17/h3-12,19H,13-14H2,1-2H3,(H,24,26)/t19-/m0/s1. The van der Waals surface area contributed by atoms with Gasteiger partial charge in [-0.3, -0.25) is 9.78 Å². The van der Waals surface area contributed by atoms with E-state index in [0.717, 1.165) is 22.0 Å². The first-order valence-electron chi connectivity index (χ1n) is 8.56. The Morgan fingerprint density at radius 3 is 2.69 bits per heavy atom. The van der Waals surface area contributed by atoms with E-state index in [1.165, 1.54) is 0 Å². The van der Waals surface area contributed by atoms with Gasteiger partial charge >= 0.3 is 0 Å². The van der Waals surface area contributed by atoms with Gasteiger partial charge in [-0.1, -0.05) is 48.0 Å². The van der Waals surface area contributed by atoms with Gasteiger partial charge in [-0.15, -0.1) is 0 Å². The molecule has 2 aromatic carbocycles. The van der Waals surface area contributed by atoms with Crippen LogP contribution in [0.3, 0.4) is 0 Å². The Hall–Kier alpha value is -2.43. The number of amides is 1. The summed E-state index contributed by atoms with van der Waals surface area (Å²) in [7, 11) is 3.98. The molecule has 0 unspecified atom stereocenters. The number of carbonyl (C=O) groups excluding carboxylic acids is 1. The lowest BCUT2D eigenvalue weighted by molar-refractivity contribution is -0.120. The fourth-order valence-corrected chi connectivity index (χ4v) is 3.27. The van der Waals surface area contributed by atoms with Crippen LogP contribution in [0.4, 0.5) is 0 Å². The van der Waals surface area contributed by atoms with Crippen molar-refractivity contribution in [3.8, 4) is 0 Å². The highest BCUT2D eigenvalue weighted by Crippen LogP contribution is 2.21. The van der Waals surface area contributed by atoms with Crippen molar-refractivity contribution in [2.45, 2.75) is 12.5 Å². The van der Waals surface area contributed by atoms with Crippen molar-refractivity contribution < 1.29 is 4.79 Å². The van der Waals surface area contributed by atoms with Crippen molar-refractivity contribution in [2.75, 3.05) is 20.6 Å². The molecule has 0 saturated carbocycles. The number of aromatic nitrogens is 1. The topological polar surface area (TPSA) is 45.2 Å². The van der Waals surface area contributed by atoms with Crippen molar-refractivity contribution in [1.29, 1.82) is 0 Å². The third-order valence-corrected chi connectivity index (χ3v) is 4.65. The number of nitrogens with one attached hydrogen (secondary N) is 1. The van der Waals surface area contributed by atoms with E-state index < -0.39 is 0 Å². The number of benzene rings is 2. The summed E-state index contributed by atoms with van der Waals surface area (Å²) in [5, 5.41) is 4.78. The average molecular weight is 368 g/mol. The number of hydrogen-bond donors (Lipinski definition) is 1. The summed E-state index contributed by atoms with van der Waals surface area (Å²) < 4.78 is 0. The van der Waals surface area contributed by atoms with Crippen molar-refractivity contribution in [3.63, 3.8) is 0 Å². The van der Waals surface area contributed by atoms with Crippen LogP contribution in [0.25, 0.3) is 10.9 Å². The van der Waals surface area contributed by atoms with E-state index in [1.54, 1.807) is 6.20 Å². The quantitative estimate of drug-likeness (QED) is 0.719.